The molecule has 8 rings (SSSR count). The third kappa shape index (κ3) is 7.82. The molecule has 376 valence electrons. The molecule has 0 radical (unpaired) electrons. The lowest BCUT2D eigenvalue weighted by atomic mass is 9.41. The molecule has 0 aromatic rings. The largest absolute Gasteiger partial charge is 0.394 e. The van der Waals surface area contributed by atoms with Gasteiger partial charge in [-0.25, -0.2) is 0 Å². The zero-order chi connectivity index (χ0) is 47.7. The second kappa shape index (κ2) is 17.5. The van der Waals surface area contributed by atoms with Gasteiger partial charge in [0.1, 0.15) is 61.0 Å². The molecule has 3 aliphatic heterocycles. The second-order valence-corrected chi connectivity index (χ2v) is 23.5. The highest BCUT2D eigenvalue weighted by atomic mass is 16.8. The summed E-state index contributed by atoms with van der Waals surface area (Å²) in [5.41, 5.74) is -2.64. The lowest BCUT2D eigenvalue weighted by Crippen LogP contribution is -2.65. The fraction of sp³-hybridized carbons (Fsp3) is 1.00. The first-order valence-corrected chi connectivity index (χ1v) is 24.2. The maximum Gasteiger partial charge on any atom is 0.187 e. The van der Waals surface area contributed by atoms with E-state index in [0.717, 1.165) is 25.7 Å². The molecule has 8 aliphatic rings. The first-order chi connectivity index (χ1) is 30.2. The summed E-state index contributed by atoms with van der Waals surface area (Å²) in [5.74, 6) is -0.118. The molecule has 26 atom stereocenters. The SMILES string of the molecule is C[C@H](CC[C@@H](O)C(C)(C)O[C@@H]1OC[C@@H](O)[C@H](O)[C@H]1O)[C@H]1[C@@H](O)C[C@@]2(C)[C@@H]3[C@@H](O)C[C@H]4C(C)(C)[C@@H](O[C@@H]5O[C@H](CO)[C@@H](O)[C@H](O)[C@H]5O[C@@H]5O[C@@H](C)[C@H](O)[C@@H](O)[C@H]5O)CC[C@@]45C[C@@]35CC[C@]12C. The molecule has 2 spiro atoms. The fourth-order valence-electron chi connectivity index (χ4n) is 15.6. The van der Waals surface area contributed by atoms with E-state index in [1.165, 1.54) is 6.92 Å². The highest BCUT2D eigenvalue weighted by Gasteiger charge is 2.84. The first-order valence-electron chi connectivity index (χ1n) is 24.2. The summed E-state index contributed by atoms with van der Waals surface area (Å²) < 4.78 is 36.0. The topological polar surface area (TPSA) is 298 Å². The van der Waals surface area contributed by atoms with Gasteiger partial charge in [-0.3, -0.25) is 0 Å². The van der Waals surface area contributed by atoms with Crippen molar-refractivity contribution in [2.75, 3.05) is 13.2 Å². The van der Waals surface area contributed by atoms with E-state index in [9.17, 15) is 61.3 Å². The summed E-state index contributed by atoms with van der Waals surface area (Å²) in [7, 11) is 0. The minimum atomic E-state index is -1.69. The summed E-state index contributed by atoms with van der Waals surface area (Å²) in [5, 5.41) is 130. The smallest absolute Gasteiger partial charge is 0.187 e. The van der Waals surface area contributed by atoms with Crippen LogP contribution < -0.4 is 0 Å². The van der Waals surface area contributed by atoms with Crippen molar-refractivity contribution >= 4 is 0 Å². The Kier molecular flexibility index (Phi) is 13.7. The van der Waals surface area contributed by atoms with Gasteiger partial charge in [0.15, 0.2) is 18.9 Å². The van der Waals surface area contributed by atoms with Crippen molar-refractivity contribution in [3.05, 3.63) is 0 Å². The number of hydrogen-bond acceptors (Lipinski definition) is 18. The maximum atomic E-state index is 12.6. The maximum absolute atomic E-state index is 12.6. The molecule has 3 heterocycles. The molecule has 18 nitrogen and oxygen atoms in total. The Bertz CT molecular complexity index is 1690. The van der Waals surface area contributed by atoms with E-state index in [0.29, 0.717) is 32.1 Å². The van der Waals surface area contributed by atoms with Gasteiger partial charge in [-0.05, 0) is 129 Å². The minimum Gasteiger partial charge on any atom is -0.394 e. The number of ether oxygens (including phenoxy) is 6. The van der Waals surface area contributed by atoms with E-state index < -0.39 is 128 Å². The van der Waals surface area contributed by atoms with Crippen LogP contribution in [-0.4, -0.2) is 191 Å². The van der Waals surface area contributed by atoms with Gasteiger partial charge in [0, 0.05) is 0 Å². The van der Waals surface area contributed by atoms with Gasteiger partial charge in [0.2, 0.25) is 0 Å². The van der Waals surface area contributed by atoms with Crippen LogP contribution in [0.25, 0.3) is 0 Å². The normalized spacial score (nSPS) is 55.0. The summed E-state index contributed by atoms with van der Waals surface area (Å²) in [6.07, 6.45) is -16.2. The van der Waals surface area contributed by atoms with Crippen LogP contribution in [0.15, 0.2) is 0 Å². The average Bonchev–Trinajstić information content (AvgIpc) is 3.84. The van der Waals surface area contributed by atoms with Crippen molar-refractivity contribution in [2.45, 2.75) is 229 Å². The van der Waals surface area contributed by atoms with Crippen molar-refractivity contribution < 1.29 is 89.7 Å². The molecular formula is C47H80O18. The van der Waals surface area contributed by atoms with Gasteiger partial charge in [-0.1, -0.05) is 34.6 Å². The van der Waals surface area contributed by atoms with E-state index in [-0.39, 0.29) is 51.9 Å². The van der Waals surface area contributed by atoms with Crippen LogP contribution in [0.2, 0.25) is 0 Å². The van der Waals surface area contributed by atoms with Crippen molar-refractivity contribution in [3.8, 4) is 0 Å². The quantitative estimate of drug-likeness (QED) is 0.109. The fourth-order valence-corrected chi connectivity index (χ4v) is 15.6. The van der Waals surface area contributed by atoms with Crippen molar-refractivity contribution in [1.82, 2.24) is 0 Å². The van der Waals surface area contributed by atoms with Gasteiger partial charge in [-0.2, -0.15) is 0 Å². The van der Waals surface area contributed by atoms with Gasteiger partial charge >= 0.3 is 0 Å². The highest BCUT2D eigenvalue weighted by Crippen LogP contribution is 2.89. The van der Waals surface area contributed by atoms with E-state index in [1.54, 1.807) is 13.8 Å². The zero-order valence-electron chi connectivity index (χ0n) is 39.3. The molecule has 18 heteroatoms. The van der Waals surface area contributed by atoms with Gasteiger partial charge < -0.3 is 89.7 Å². The predicted octanol–water partition coefficient (Wildman–Crippen LogP) is -0.585. The average molecular weight is 933 g/mol. The summed E-state index contributed by atoms with van der Waals surface area (Å²) >= 11 is 0. The summed E-state index contributed by atoms with van der Waals surface area (Å²) in [6.45, 7) is 15.0. The third-order valence-electron chi connectivity index (χ3n) is 19.5. The lowest BCUT2D eigenvalue weighted by Gasteiger charge is -2.64. The molecule has 5 saturated carbocycles. The van der Waals surface area contributed by atoms with E-state index in [2.05, 4.69) is 34.6 Å². The third-order valence-corrected chi connectivity index (χ3v) is 19.5. The summed E-state index contributed by atoms with van der Waals surface area (Å²) in [4.78, 5) is 0. The van der Waals surface area contributed by atoms with Gasteiger partial charge in [-0.15, -0.1) is 0 Å². The molecular weight excluding hydrogens is 852 g/mol. The van der Waals surface area contributed by atoms with Crippen molar-refractivity contribution in [2.24, 2.45) is 50.7 Å². The van der Waals surface area contributed by atoms with Crippen LogP contribution >= 0.6 is 0 Å². The minimum absolute atomic E-state index is 0.00542. The number of fused-ring (bicyclic) bond motifs is 2. The molecule has 3 saturated heterocycles. The monoisotopic (exact) mass is 933 g/mol. The number of rotatable bonds is 12. The predicted molar refractivity (Wildman–Crippen MR) is 227 cm³/mol. The Morgan fingerprint density at radius 1 is 0.692 bits per heavy atom. The molecule has 8 fully saturated rings. The zero-order valence-corrected chi connectivity index (χ0v) is 39.3. The lowest BCUT2D eigenvalue weighted by molar-refractivity contribution is -0.375. The molecule has 0 bridgehead atoms. The Hall–Kier alpha value is -0.720. The molecule has 0 unspecified atom stereocenters. The Morgan fingerprint density at radius 3 is 2.05 bits per heavy atom. The Morgan fingerprint density at radius 2 is 1.37 bits per heavy atom. The number of hydrogen-bond donors (Lipinski definition) is 12. The van der Waals surface area contributed by atoms with Gasteiger partial charge in [0.05, 0.1) is 49.3 Å². The number of aliphatic hydroxyl groups is 12. The molecule has 65 heavy (non-hydrogen) atoms. The van der Waals surface area contributed by atoms with Crippen molar-refractivity contribution in [1.29, 1.82) is 0 Å². The highest BCUT2D eigenvalue weighted by molar-refractivity contribution is 5.32. The van der Waals surface area contributed by atoms with E-state index >= 15 is 0 Å². The van der Waals surface area contributed by atoms with E-state index in [4.69, 9.17) is 28.4 Å². The standard InChI is InChI=1S/C47H80O18/c1-20(9-10-27(52)43(5,6)65-39-35(58)31(54)24(51)18-60-39)29-23(50)16-45(8)38-22(49)15-26-42(3,4)28(11-12-46(26)19-47(38,46)14-13-44(29,45)7)63-41-37(34(57)32(55)25(17-48)62-41)64-40-36(59)33(56)30(53)21(2)61-40/h20-41,48-59H,9-19H2,1-8H3/t20-,21+,22+,23+,24-,25-,26+,27-,28+,29+,30+,31+,32-,33-,34+,35-,36-,37-,38+,39+,40+,41+,44-,45+,46-,47+/m1/s1. The molecule has 0 amide bonds. The molecule has 0 aromatic carbocycles. The van der Waals surface area contributed by atoms with Crippen LogP contribution in [0.4, 0.5) is 0 Å². The van der Waals surface area contributed by atoms with Gasteiger partial charge in [0.25, 0.3) is 0 Å². The number of aliphatic hydroxyl groups excluding tert-OH is 12. The van der Waals surface area contributed by atoms with Crippen LogP contribution in [0.1, 0.15) is 113 Å². The van der Waals surface area contributed by atoms with Crippen LogP contribution in [0.3, 0.4) is 0 Å². The molecule has 0 aromatic heterocycles. The second-order valence-electron chi connectivity index (χ2n) is 23.5. The summed E-state index contributed by atoms with van der Waals surface area (Å²) in [6, 6.07) is 0. The van der Waals surface area contributed by atoms with Crippen molar-refractivity contribution in [3.63, 3.8) is 0 Å². The van der Waals surface area contributed by atoms with Crippen LogP contribution in [0.5, 0.6) is 0 Å². The molecule has 5 aliphatic carbocycles. The van der Waals surface area contributed by atoms with E-state index in [1.807, 2.05) is 0 Å². The van der Waals surface area contributed by atoms with Crippen LogP contribution in [-0.2, 0) is 28.4 Å². The molecule has 12 N–H and O–H groups in total. The Balaban J connectivity index is 0.960. The Labute approximate surface area is 382 Å². The van der Waals surface area contributed by atoms with Crippen LogP contribution in [0, 0.1) is 50.7 Å². The first kappa shape index (κ1) is 50.7.